The first kappa shape index (κ1) is 24.1. The summed E-state index contributed by atoms with van der Waals surface area (Å²) < 4.78 is 5.75. The third kappa shape index (κ3) is 4.47. The predicted octanol–water partition coefficient (Wildman–Crippen LogP) is 4.18. The summed E-state index contributed by atoms with van der Waals surface area (Å²) in [6, 6.07) is 14.4. The topological polar surface area (TPSA) is 110 Å². The van der Waals surface area contributed by atoms with Gasteiger partial charge in [-0.05, 0) is 43.7 Å². The van der Waals surface area contributed by atoms with Gasteiger partial charge in [-0.2, -0.15) is 4.98 Å². The van der Waals surface area contributed by atoms with Crippen LogP contribution in [-0.4, -0.2) is 65.1 Å². The quantitative estimate of drug-likeness (QED) is 0.292. The van der Waals surface area contributed by atoms with Crippen LogP contribution in [0, 0.1) is 0 Å². The lowest BCUT2D eigenvalue weighted by Crippen LogP contribution is -2.48. The van der Waals surface area contributed by atoms with E-state index in [9.17, 15) is 4.79 Å². The van der Waals surface area contributed by atoms with E-state index in [1.54, 1.807) is 13.3 Å². The Morgan fingerprint density at radius 1 is 1.03 bits per heavy atom. The number of anilines is 5. The fourth-order valence-corrected chi connectivity index (χ4v) is 5.21. The molecule has 2 aromatic rings. The maximum atomic E-state index is 12.4. The number of nitrogens with zero attached hydrogens (tertiary/aromatic N) is 4. The second-order valence-electron chi connectivity index (χ2n) is 9.91. The number of nitrogens with one attached hydrogen (secondary N) is 4. The number of H-pyrrole nitrogens is 1. The number of fused-ring (bicyclic) bond motifs is 2. The molecule has 4 N–H and O–H groups in total. The van der Waals surface area contributed by atoms with Crippen LogP contribution >= 0.6 is 0 Å². The van der Waals surface area contributed by atoms with Gasteiger partial charge < -0.3 is 30.6 Å². The van der Waals surface area contributed by atoms with E-state index >= 15 is 0 Å². The highest BCUT2D eigenvalue weighted by Gasteiger charge is 2.24. The van der Waals surface area contributed by atoms with Crippen LogP contribution in [0.25, 0.3) is 11.4 Å². The number of hydrogen-bond donors (Lipinski definition) is 4. The van der Waals surface area contributed by atoms with Crippen molar-refractivity contribution in [3.8, 4) is 17.1 Å². The van der Waals surface area contributed by atoms with Gasteiger partial charge in [-0.15, -0.1) is 0 Å². The summed E-state index contributed by atoms with van der Waals surface area (Å²) in [4.78, 5) is 29.8. The second kappa shape index (κ2) is 9.86. The summed E-state index contributed by atoms with van der Waals surface area (Å²) in [5.74, 6) is 2.43. The van der Waals surface area contributed by atoms with E-state index in [-0.39, 0.29) is 5.91 Å². The molecule has 0 saturated carbocycles. The predicted molar refractivity (Wildman–Crippen MR) is 149 cm³/mol. The van der Waals surface area contributed by atoms with Crippen molar-refractivity contribution in [2.45, 2.75) is 26.4 Å². The van der Waals surface area contributed by atoms with Crippen molar-refractivity contribution in [3.63, 3.8) is 0 Å². The smallest absolute Gasteiger partial charge is 0.254 e. The molecule has 10 nitrogen and oxygen atoms in total. The summed E-state index contributed by atoms with van der Waals surface area (Å²) in [7, 11) is 1.67. The molecule has 1 amide bonds. The number of carbonyl (C=O) groups excluding carboxylic acids is 1. The number of aromatic amines is 1. The molecule has 4 aliphatic rings. The number of hydrogen-bond acceptors (Lipinski definition) is 8. The molecule has 0 atom stereocenters. The number of carbonyl (C=O) groups is 1. The minimum atomic E-state index is -0.0868. The summed E-state index contributed by atoms with van der Waals surface area (Å²) >= 11 is 0. The normalized spacial score (nSPS) is 15.6. The Labute approximate surface area is 221 Å². The zero-order valence-corrected chi connectivity index (χ0v) is 21.8. The molecule has 6 rings (SSSR count). The van der Waals surface area contributed by atoms with Gasteiger partial charge in [0.15, 0.2) is 0 Å². The van der Waals surface area contributed by atoms with Crippen molar-refractivity contribution >= 4 is 34.7 Å². The number of amides is 1. The molecule has 0 aliphatic carbocycles. The van der Waals surface area contributed by atoms with Gasteiger partial charge in [0.2, 0.25) is 5.95 Å². The molecule has 0 aromatic heterocycles. The lowest BCUT2D eigenvalue weighted by Gasteiger charge is -2.38. The highest BCUT2D eigenvalue weighted by molar-refractivity contribution is 6.04. The number of ether oxygens (including phenoxy) is 1. The minimum absolute atomic E-state index is 0.0868. The molecule has 1 saturated heterocycles. The van der Waals surface area contributed by atoms with Crippen LogP contribution in [0.3, 0.4) is 0 Å². The minimum Gasteiger partial charge on any atom is -0.494 e. The second-order valence-corrected chi connectivity index (χ2v) is 9.91. The standard InChI is InChI=1S/C28H32N8O2/c1-17(2)35-11-13-36(14-12-35)19-7-8-21(23(15-19)38-3)32-28-33-25-20(9-10-29-25)26(34-28)31-22-6-4-5-18-16-30-27(37)24(18)22/h4-10,15,17H,11-14,16H2,1-3H3,(H,30,37)(H3,29,31,32,33,34). The highest BCUT2D eigenvalue weighted by Crippen LogP contribution is 2.36. The van der Waals surface area contributed by atoms with Crippen LogP contribution in [0.15, 0.2) is 48.7 Å². The maximum absolute atomic E-state index is 12.4. The van der Waals surface area contributed by atoms with E-state index in [1.165, 1.54) is 0 Å². The summed E-state index contributed by atoms with van der Waals surface area (Å²) in [5, 5.41) is 9.62. The van der Waals surface area contributed by atoms with Crippen LogP contribution in [0.4, 0.5) is 28.8 Å². The molecular formula is C28H32N8O2. The van der Waals surface area contributed by atoms with Crippen molar-refractivity contribution in [3.05, 3.63) is 59.8 Å². The first-order chi connectivity index (χ1) is 18.5. The van der Waals surface area contributed by atoms with Crippen LogP contribution in [0.5, 0.6) is 5.75 Å². The Hall–Kier alpha value is -4.31. The molecule has 2 aromatic carbocycles. The number of piperazine rings is 1. The van der Waals surface area contributed by atoms with E-state index in [0.29, 0.717) is 41.4 Å². The van der Waals surface area contributed by atoms with Gasteiger partial charge in [0.1, 0.15) is 17.4 Å². The Kier molecular flexibility index (Phi) is 6.24. The molecule has 0 bridgehead atoms. The Bertz CT molecular complexity index is 1440. The van der Waals surface area contributed by atoms with E-state index < -0.39 is 0 Å². The monoisotopic (exact) mass is 512 g/mol. The maximum Gasteiger partial charge on any atom is 0.254 e. The van der Waals surface area contributed by atoms with E-state index in [1.807, 2.05) is 30.3 Å². The molecule has 0 unspecified atom stereocenters. The van der Waals surface area contributed by atoms with Crippen molar-refractivity contribution in [1.82, 2.24) is 25.2 Å². The van der Waals surface area contributed by atoms with E-state index in [2.05, 4.69) is 61.7 Å². The third-order valence-corrected chi connectivity index (χ3v) is 7.33. The summed E-state index contributed by atoms with van der Waals surface area (Å²) in [6.45, 7) is 9.09. The van der Waals surface area contributed by atoms with Gasteiger partial charge in [-0.25, -0.2) is 4.98 Å². The van der Waals surface area contributed by atoms with Gasteiger partial charge in [0.25, 0.3) is 5.91 Å². The molecule has 0 radical (unpaired) electrons. The lowest BCUT2D eigenvalue weighted by molar-refractivity contribution is 0.0966. The van der Waals surface area contributed by atoms with Crippen molar-refractivity contribution in [2.75, 3.05) is 48.8 Å². The van der Waals surface area contributed by atoms with Gasteiger partial charge in [-0.1, -0.05) is 12.1 Å². The van der Waals surface area contributed by atoms with Crippen molar-refractivity contribution in [2.24, 2.45) is 0 Å². The Morgan fingerprint density at radius 2 is 1.87 bits per heavy atom. The van der Waals surface area contributed by atoms with Gasteiger partial charge in [0.05, 0.1) is 29.6 Å². The van der Waals surface area contributed by atoms with Gasteiger partial charge >= 0.3 is 0 Å². The van der Waals surface area contributed by atoms with Crippen LogP contribution in [-0.2, 0) is 6.54 Å². The fraction of sp³-hybridized carbons (Fsp3) is 0.321. The van der Waals surface area contributed by atoms with Crippen molar-refractivity contribution in [1.29, 1.82) is 0 Å². The molecule has 4 aliphatic heterocycles. The summed E-state index contributed by atoms with van der Waals surface area (Å²) in [5.41, 5.74) is 5.08. The average molecular weight is 513 g/mol. The molecule has 10 heteroatoms. The van der Waals surface area contributed by atoms with Crippen LogP contribution in [0.2, 0.25) is 0 Å². The van der Waals surface area contributed by atoms with Crippen LogP contribution in [0.1, 0.15) is 29.8 Å². The van der Waals surface area contributed by atoms with Gasteiger partial charge in [0, 0.05) is 56.7 Å². The van der Waals surface area contributed by atoms with Crippen molar-refractivity contribution < 1.29 is 9.53 Å². The largest absolute Gasteiger partial charge is 0.494 e. The average Bonchev–Trinajstić information content (AvgIpc) is 3.56. The first-order valence-corrected chi connectivity index (χ1v) is 13.0. The van der Waals surface area contributed by atoms with Gasteiger partial charge in [-0.3, -0.25) is 9.69 Å². The molecule has 38 heavy (non-hydrogen) atoms. The molecule has 196 valence electrons. The first-order valence-electron chi connectivity index (χ1n) is 13.0. The zero-order chi connectivity index (χ0) is 26.2. The molecular weight excluding hydrogens is 480 g/mol. The number of methoxy groups -OCH3 is 1. The SMILES string of the molecule is COc1cc(N2CCN(C(C)C)CC2)ccc1Nc1nc(Nc2cccc3c2C(=O)NC3)c2ccnc-2[nH]1. The van der Waals surface area contributed by atoms with E-state index in [4.69, 9.17) is 9.72 Å². The number of benzene rings is 2. The zero-order valence-electron chi connectivity index (χ0n) is 21.8. The summed E-state index contributed by atoms with van der Waals surface area (Å²) in [6.07, 6.45) is 1.73. The number of aromatic nitrogens is 3. The lowest BCUT2D eigenvalue weighted by atomic mass is 10.1. The van der Waals surface area contributed by atoms with E-state index in [0.717, 1.165) is 54.4 Å². The molecule has 1 fully saturated rings. The Balaban J connectivity index is 1.26. The molecule has 0 spiro atoms. The highest BCUT2D eigenvalue weighted by atomic mass is 16.5. The Morgan fingerprint density at radius 3 is 2.66 bits per heavy atom. The van der Waals surface area contributed by atoms with Crippen LogP contribution < -0.4 is 25.6 Å². The molecule has 4 heterocycles. The number of rotatable bonds is 7. The third-order valence-electron chi connectivity index (χ3n) is 7.33. The fourth-order valence-electron chi connectivity index (χ4n) is 5.21.